The van der Waals surface area contributed by atoms with E-state index in [0.29, 0.717) is 10.8 Å². The predicted octanol–water partition coefficient (Wildman–Crippen LogP) is -0.0266. The maximum absolute atomic E-state index is 11.2. The summed E-state index contributed by atoms with van der Waals surface area (Å²) in [6.45, 7) is 1.05. The lowest BCUT2D eigenvalue weighted by Crippen LogP contribution is -2.47. The summed E-state index contributed by atoms with van der Waals surface area (Å²) in [7, 11) is 0. The van der Waals surface area contributed by atoms with Crippen molar-refractivity contribution in [2.45, 2.75) is 13.0 Å². The third-order valence-electron chi connectivity index (χ3n) is 1.91. The summed E-state index contributed by atoms with van der Waals surface area (Å²) in [5.41, 5.74) is 0. The minimum Gasteiger partial charge on any atom is -0.548 e. The number of benzene rings is 1. The Morgan fingerprint density at radius 2 is 2.00 bits per heavy atom. The van der Waals surface area contributed by atoms with Gasteiger partial charge >= 0.3 is 0 Å². The summed E-state index contributed by atoms with van der Waals surface area (Å²) < 4.78 is 5.12. The minimum absolute atomic E-state index is 0.265. The lowest BCUT2D eigenvalue weighted by Gasteiger charge is -2.14. The van der Waals surface area contributed by atoms with Crippen LogP contribution in [0.2, 0.25) is 5.02 Å². The van der Waals surface area contributed by atoms with Crippen molar-refractivity contribution in [2.24, 2.45) is 0 Å². The Morgan fingerprint density at radius 3 is 2.53 bits per heavy atom. The summed E-state index contributed by atoms with van der Waals surface area (Å²) >= 11 is 5.67. The van der Waals surface area contributed by atoms with E-state index < -0.39 is 17.9 Å². The van der Waals surface area contributed by atoms with E-state index in [2.05, 4.69) is 5.32 Å². The number of carbonyl (C=O) groups is 2. The lowest BCUT2D eigenvalue weighted by atomic mass is 10.3. The second-order valence-electron chi connectivity index (χ2n) is 3.35. The van der Waals surface area contributed by atoms with Gasteiger partial charge in [-0.25, -0.2) is 0 Å². The molecule has 0 fully saturated rings. The zero-order valence-corrected chi connectivity index (χ0v) is 9.86. The van der Waals surface area contributed by atoms with Crippen molar-refractivity contribution >= 4 is 23.5 Å². The maximum atomic E-state index is 11.2. The number of carboxylic acid groups (broad SMARTS) is 1. The van der Waals surface area contributed by atoms with Crippen LogP contribution in [0.25, 0.3) is 0 Å². The highest BCUT2D eigenvalue weighted by atomic mass is 35.5. The number of nitrogens with one attached hydrogen (secondary N) is 1. The smallest absolute Gasteiger partial charge is 0.258 e. The first-order valence-electron chi connectivity index (χ1n) is 4.87. The summed E-state index contributed by atoms with van der Waals surface area (Å²) in [5.74, 6) is -1.40. The molecule has 92 valence electrons. The summed E-state index contributed by atoms with van der Waals surface area (Å²) in [5, 5.41) is 13.1. The Balaban J connectivity index is 2.38. The van der Waals surface area contributed by atoms with Crippen molar-refractivity contribution in [1.82, 2.24) is 5.32 Å². The topological polar surface area (TPSA) is 78.5 Å². The van der Waals surface area contributed by atoms with Crippen LogP contribution in [0, 0.1) is 0 Å². The van der Waals surface area contributed by atoms with Gasteiger partial charge in [-0.05, 0) is 31.2 Å². The Hall–Kier alpha value is -1.75. The van der Waals surface area contributed by atoms with Crippen LogP contribution in [0.4, 0.5) is 0 Å². The van der Waals surface area contributed by atoms with E-state index in [1.165, 1.54) is 6.92 Å². The molecule has 1 amide bonds. The van der Waals surface area contributed by atoms with Gasteiger partial charge in [0, 0.05) is 5.02 Å². The second-order valence-corrected chi connectivity index (χ2v) is 3.79. The highest BCUT2D eigenvalue weighted by Gasteiger charge is 2.08. The fraction of sp³-hybridized carbons (Fsp3) is 0.273. The van der Waals surface area contributed by atoms with Gasteiger partial charge in [0.05, 0.1) is 12.0 Å². The fourth-order valence-electron chi connectivity index (χ4n) is 1.02. The van der Waals surface area contributed by atoms with Crippen molar-refractivity contribution in [1.29, 1.82) is 0 Å². The number of carbonyl (C=O) groups excluding carboxylic acids is 2. The Labute approximate surface area is 103 Å². The van der Waals surface area contributed by atoms with Crippen LogP contribution in [0.3, 0.4) is 0 Å². The highest BCUT2D eigenvalue weighted by molar-refractivity contribution is 6.30. The van der Waals surface area contributed by atoms with E-state index in [-0.39, 0.29) is 6.61 Å². The van der Waals surface area contributed by atoms with Gasteiger partial charge < -0.3 is 20.0 Å². The first-order valence-corrected chi connectivity index (χ1v) is 5.25. The summed E-state index contributed by atoms with van der Waals surface area (Å²) in [6, 6.07) is 5.42. The van der Waals surface area contributed by atoms with Gasteiger partial charge in [-0.2, -0.15) is 0 Å². The molecule has 0 heterocycles. The van der Waals surface area contributed by atoms with Crippen molar-refractivity contribution in [3.8, 4) is 5.75 Å². The lowest BCUT2D eigenvalue weighted by molar-refractivity contribution is -0.307. The zero-order chi connectivity index (χ0) is 12.8. The molecule has 0 aromatic heterocycles. The Morgan fingerprint density at radius 1 is 1.41 bits per heavy atom. The van der Waals surface area contributed by atoms with Gasteiger partial charge in [0.2, 0.25) is 0 Å². The second kappa shape index (κ2) is 6.10. The van der Waals surface area contributed by atoms with Crippen molar-refractivity contribution in [3.63, 3.8) is 0 Å². The van der Waals surface area contributed by atoms with Gasteiger partial charge in [0.15, 0.2) is 6.61 Å². The van der Waals surface area contributed by atoms with E-state index in [1.54, 1.807) is 24.3 Å². The molecule has 0 aliphatic carbocycles. The van der Waals surface area contributed by atoms with E-state index in [9.17, 15) is 14.7 Å². The number of ether oxygens (including phenoxy) is 1. The molecule has 0 aliphatic heterocycles. The van der Waals surface area contributed by atoms with Crippen LogP contribution < -0.4 is 15.2 Å². The molecule has 0 unspecified atom stereocenters. The Kier molecular flexibility index (Phi) is 4.78. The van der Waals surface area contributed by atoms with Crippen LogP contribution in [-0.2, 0) is 9.59 Å². The maximum Gasteiger partial charge on any atom is 0.258 e. The molecule has 1 atom stereocenters. The molecule has 1 aromatic carbocycles. The van der Waals surface area contributed by atoms with Gasteiger partial charge in [-0.1, -0.05) is 11.6 Å². The molecule has 0 radical (unpaired) electrons. The van der Waals surface area contributed by atoms with E-state index >= 15 is 0 Å². The third-order valence-corrected chi connectivity index (χ3v) is 2.17. The average Bonchev–Trinajstić information content (AvgIpc) is 2.28. The number of carboxylic acids is 1. The quantitative estimate of drug-likeness (QED) is 0.803. The van der Waals surface area contributed by atoms with Crippen LogP contribution >= 0.6 is 11.6 Å². The van der Waals surface area contributed by atoms with Gasteiger partial charge in [-0.3, -0.25) is 4.79 Å². The molecule has 5 nitrogen and oxygen atoms in total. The van der Waals surface area contributed by atoms with Crippen LogP contribution in [0.15, 0.2) is 24.3 Å². The molecule has 1 N–H and O–H groups in total. The molecule has 0 saturated carbocycles. The van der Waals surface area contributed by atoms with Crippen molar-refractivity contribution < 1.29 is 19.4 Å². The Bertz CT molecular complexity index is 404. The normalized spacial score (nSPS) is 11.6. The summed E-state index contributed by atoms with van der Waals surface area (Å²) in [6.07, 6.45) is 0. The molecule has 0 aliphatic rings. The van der Waals surface area contributed by atoms with Crippen molar-refractivity contribution in [2.75, 3.05) is 6.61 Å². The molecule has 0 spiro atoms. The number of hydrogen-bond acceptors (Lipinski definition) is 4. The predicted molar refractivity (Wildman–Crippen MR) is 59.6 cm³/mol. The molecular formula is C11H11ClNO4-. The first kappa shape index (κ1) is 13.3. The molecule has 17 heavy (non-hydrogen) atoms. The zero-order valence-electron chi connectivity index (χ0n) is 9.10. The number of halogens is 1. The van der Waals surface area contributed by atoms with Crippen molar-refractivity contribution in [3.05, 3.63) is 29.3 Å². The number of rotatable bonds is 5. The third kappa shape index (κ3) is 4.74. The average molecular weight is 257 g/mol. The first-order chi connectivity index (χ1) is 7.99. The molecule has 1 rings (SSSR count). The van der Waals surface area contributed by atoms with Crippen LogP contribution in [-0.4, -0.2) is 24.5 Å². The SMILES string of the molecule is C[C@H](NC(=O)COc1ccc(Cl)cc1)C(=O)[O-]. The number of amides is 1. The molecule has 0 bridgehead atoms. The number of aliphatic carboxylic acids is 1. The molecule has 1 aromatic rings. The van der Waals surface area contributed by atoms with E-state index in [1.807, 2.05) is 0 Å². The van der Waals surface area contributed by atoms with E-state index in [4.69, 9.17) is 16.3 Å². The van der Waals surface area contributed by atoms with Gasteiger partial charge in [0.25, 0.3) is 5.91 Å². The fourth-order valence-corrected chi connectivity index (χ4v) is 1.15. The van der Waals surface area contributed by atoms with Crippen LogP contribution in [0.1, 0.15) is 6.92 Å². The minimum atomic E-state index is -1.34. The standard InChI is InChI=1S/C11H12ClNO4/c1-7(11(15)16)13-10(14)6-17-9-4-2-8(12)3-5-9/h2-5,7H,6H2,1H3,(H,13,14)(H,15,16)/p-1/t7-/m0/s1. The number of hydrogen-bond donors (Lipinski definition) is 1. The summed E-state index contributed by atoms with van der Waals surface area (Å²) in [4.78, 5) is 21.6. The monoisotopic (exact) mass is 256 g/mol. The van der Waals surface area contributed by atoms with Gasteiger partial charge in [-0.15, -0.1) is 0 Å². The largest absolute Gasteiger partial charge is 0.548 e. The van der Waals surface area contributed by atoms with E-state index in [0.717, 1.165) is 0 Å². The highest BCUT2D eigenvalue weighted by Crippen LogP contribution is 2.15. The molecular weight excluding hydrogens is 246 g/mol. The van der Waals surface area contributed by atoms with Gasteiger partial charge in [0.1, 0.15) is 5.75 Å². The molecule has 6 heteroatoms. The molecule has 0 saturated heterocycles. The van der Waals surface area contributed by atoms with Crippen LogP contribution in [0.5, 0.6) is 5.75 Å².